The molecule has 0 spiro atoms. The van der Waals surface area contributed by atoms with Crippen LogP contribution in [0.4, 0.5) is 5.69 Å². The van der Waals surface area contributed by atoms with Gasteiger partial charge in [-0.05, 0) is 23.3 Å². The summed E-state index contributed by atoms with van der Waals surface area (Å²) < 4.78 is 20.7. The van der Waals surface area contributed by atoms with E-state index in [-0.39, 0.29) is 24.6 Å². The van der Waals surface area contributed by atoms with Gasteiger partial charge in [0.05, 0.1) is 39.2 Å². The van der Waals surface area contributed by atoms with Gasteiger partial charge in [-0.1, -0.05) is 36.4 Å². The average Bonchev–Trinajstić information content (AvgIpc) is 2.77. The molecule has 0 atom stereocenters. The van der Waals surface area contributed by atoms with Crippen LogP contribution in [0.3, 0.4) is 0 Å². The third kappa shape index (κ3) is 3.70. The Morgan fingerprint density at radius 3 is 2.29 bits per heavy atom. The smallest absolute Gasteiger partial charge is 0.355 e. The SMILES string of the molecule is COC(=O)C1=C(C(=O)OC)N(c2cc(-c3ccccc3)ccc2OC)COC1. The molecule has 0 radical (unpaired) electrons. The van der Waals surface area contributed by atoms with Gasteiger partial charge >= 0.3 is 11.9 Å². The van der Waals surface area contributed by atoms with E-state index in [4.69, 9.17) is 18.9 Å². The number of ether oxygens (including phenoxy) is 4. The Morgan fingerprint density at radius 1 is 0.929 bits per heavy atom. The number of carbonyl (C=O) groups is 2. The topological polar surface area (TPSA) is 74.3 Å². The van der Waals surface area contributed by atoms with Crippen molar-refractivity contribution in [1.82, 2.24) is 0 Å². The highest BCUT2D eigenvalue weighted by atomic mass is 16.5. The number of anilines is 1. The second-order valence-corrected chi connectivity index (χ2v) is 5.97. The Bertz CT molecular complexity index is 906. The summed E-state index contributed by atoms with van der Waals surface area (Å²) in [6, 6.07) is 15.4. The summed E-state index contributed by atoms with van der Waals surface area (Å²) in [6.45, 7) is 0.00777. The maximum Gasteiger partial charge on any atom is 0.355 e. The molecule has 0 aromatic heterocycles. The summed E-state index contributed by atoms with van der Waals surface area (Å²) in [5, 5.41) is 0. The normalized spacial score (nSPS) is 13.9. The largest absolute Gasteiger partial charge is 0.495 e. The summed E-state index contributed by atoms with van der Waals surface area (Å²) in [7, 11) is 4.05. The fourth-order valence-corrected chi connectivity index (χ4v) is 3.04. The van der Waals surface area contributed by atoms with Crippen LogP contribution in [0.15, 0.2) is 59.8 Å². The summed E-state index contributed by atoms with van der Waals surface area (Å²) in [6.07, 6.45) is 0. The van der Waals surface area contributed by atoms with Crippen molar-refractivity contribution in [3.8, 4) is 16.9 Å². The zero-order chi connectivity index (χ0) is 20.1. The Hall–Kier alpha value is -3.32. The van der Waals surface area contributed by atoms with Crippen molar-refractivity contribution in [2.24, 2.45) is 0 Å². The molecule has 0 aliphatic carbocycles. The lowest BCUT2D eigenvalue weighted by atomic mass is 10.0. The van der Waals surface area contributed by atoms with E-state index in [2.05, 4.69) is 0 Å². The van der Waals surface area contributed by atoms with Crippen LogP contribution in [0.25, 0.3) is 11.1 Å². The molecule has 2 aromatic carbocycles. The Morgan fingerprint density at radius 2 is 1.64 bits per heavy atom. The molecule has 0 N–H and O–H groups in total. The number of benzene rings is 2. The first-order valence-corrected chi connectivity index (χ1v) is 8.59. The van der Waals surface area contributed by atoms with Gasteiger partial charge in [-0.15, -0.1) is 0 Å². The van der Waals surface area contributed by atoms with Gasteiger partial charge in [0.15, 0.2) is 0 Å². The van der Waals surface area contributed by atoms with E-state index in [9.17, 15) is 9.59 Å². The molecule has 0 bridgehead atoms. The van der Waals surface area contributed by atoms with Crippen molar-refractivity contribution >= 4 is 17.6 Å². The lowest BCUT2D eigenvalue weighted by molar-refractivity contribution is -0.140. The molecule has 1 aliphatic rings. The Balaban J connectivity index is 2.16. The molecule has 0 saturated carbocycles. The van der Waals surface area contributed by atoms with Crippen LogP contribution in [0, 0.1) is 0 Å². The van der Waals surface area contributed by atoms with Crippen LogP contribution in [-0.4, -0.2) is 46.6 Å². The number of methoxy groups -OCH3 is 3. The number of nitrogens with zero attached hydrogens (tertiary/aromatic N) is 1. The van der Waals surface area contributed by atoms with Crippen molar-refractivity contribution in [1.29, 1.82) is 0 Å². The molecule has 0 amide bonds. The summed E-state index contributed by atoms with van der Waals surface area (Å²) >= 11 is 0. The molecule has 7 heteroatoms. The van der Waals surface area contributed by atoms with Gasteiger partial charge in [0.1, 0.15) is 18.2 Å². The monoisotopic (exact) mass is 383 g/mol. The molecule has 7 nitrogen and oxygen atoms in total. The molecule has 1 heterocycles. The van der Waals surface area contributed by atoms with Gasteiger partial charge in [0.2, 0.25) is 0 Å². The van der Waals surface area contributed by atoms with Gasteiger partial charge in [-0.3, -0.25) is 0 Å². The molecule has 0 saturated heterocycles. The van der Waals surface area contributed by atoms with Crippen molar-refractivity contribution < 1.29 is 28.5 Å². The zero-order valence-electron chi connectivity index (χ0n) is 15.9. The predicted octanol–water partition coefficient (Wildman–Crippen LogP) is 2.76. The minimum Gasteiger partial charge on any atom is -0.495 e. The fraction of sp³-hybridized carbons (Fsp3) is 0.238. The third-order valence-corrected chi connectivity index (χ3v) is 4.41. The molecule has 1 aliphatic heterocycles. The Labute approximate surface area is 163 Å². The minimum atomic E-state index is -0.657. The molecular formula is C21H21NO6. The van der Waals surface area contributed by atoms with E-state index in [1.54, 1.807) is 11.0 Å². The summed E-state index contributed by atoms with van der Waals surface area (Å²) in [5.74, 6) is -0.782. The molecular weight excluding hydrogens is 362 g/mol. The molecule has 0 fully saturated rings. The van der Waals surface area contributed by atoms with E-state index in [1.165, 1.54) is 21.3 Å². The van der Waals surface area contributed by atoms with Crippen molar-refractivity contribution in [2.45, 2.75) is 0 Å². The maximum atomic E-state index is 12.5. The van der Waals surface area contributed by atoms with E-state index in [0.717, 1.165) is 11.1 Å². The van der Waals surface area contributed by atoms with Crippen LogP contribution in [0.2, 0.25) is 0 Å². The average molecular weight is 383 g/mol. The summed E-state index contributed by atoms with van der Waals surface area (Å²) in [4.78, 5) is 26.3. The predicted molar refractivity (Wildman–Crippen MR) is 103 cm³/mol. The summed E-state index contributed by atoms with van der Waals surface area (Å²) in [5.41, 5.74) is 2.66. The lowest BCUT2D eigenvalue weighted by Crippen LogP contribution is -2.39. The second-order valence-electron chi connectivity index (χ2n) is 5.97. The van der Waals surface area contributed by atoms with Crippen molar-refractivity contribution in [2.75, 3.05) is 39.6 Å². The van der Waals surface area contributed by atoms with Crippen LogP contribution in [-0.2, 0) is 23.8 Å². The van der Waals surface area contributed by atoms with E-state index < -0.39 is 11.9 Å². The highest BCUT2D eigenvalue weighted by Crippen LogP contribution is 2.37. The van der Waals surface area contributed by atoms with Crippen LogP contribution in [0.5, 0.6) is 5.75 Å². The van der Waals surface area contributed by atoms with Gasteiger partial charge < -0.3 is 23.8 Å². The molecule has 146 valence electrons. The first-order valence-electron chi connectivity index (χ1n) is 8.59. The second kappa shape index (κ2) is 8.58. The van der Waals surface area contributed by atoms with Crippen LogP contribution in [0.1, 0.15) is 0 Å². The number of esters is 2. The van der Waals surface area contributed by atoms with Crippen molar-refractivity contribution in [3.05, 3.63) is 59.8 Å². The highest BCUT2D eigenvalue weighted by molar-refractivity contribution is 6.03. The lowest BCUT2D eigenvalue weighted by Gasteiger charge is -2.32. The van der Waals surface area contributed by atoms with E-state index in [0.29, 0.717) is 11.4 Å². The van der Waals surface area contributed by atoms with E-state index >= 15 is 0 Å². The van der Waals surface area contributed by atoms with Gasteiger partial charge in [-0.2, -0.15) is 0 Å². The number of hydrogen-bond acceptors (Lipinski definition) is 7. The Kier molecular flexibility index (Phi) is 5.96. The van der Waals surface area contributed by atoms with E-state index in [1.807, 2.05) is 42.5 Å². The van der Waals surface area contributed by atoms with Gasteiger partial charge in [-0.25, -0.2) is 9.59 Å². The van der Waals surface area contributed by atoms with Crippen LogP contribution >= 0.6 is 0 Å². The number of hydrogen-bond donors (Lipinski definition) is 0. The molecule has 0 unspecified atom stereocenters. The molecule has 2 aromatic rings. The highest BCUT2D eigenvalue weighted by Gasteiger charge is 2.33. The minimum absolute atomic E-state index is 0.0473. The molecule has 28 heavy (non-hydrogen) atoms. The first kappa shape index (κ1) is 19.4. The van der Waals surface area contributed by atoms with Gasteiger partial charge in [0.25, 0.3) is 0 Å². The third-order valence-electron chi connectivity index (χ3n) is 4.41. The maximum absolute atomic E-state index is 12.5. The zero-order valence-corrected chi connectivity index (χ0v) is 15.9. The van der Waals surface area contributed by atoms with Gasteiger partial charge in [0, 0.05) is 0 Å². The quantitative estimate of drug-likeness (QED) is 0.735. The fourth-order valence-electron chi connectivity index (χ4n) is 3.04. The van der Waals surface area contributed by atoms with Crippen molar-refractivity contribution in [3.63, 3.8) is 0 Å². The number of carbonyl (C=O) groups excluding carboxylic acids is 2. The standard InChI is InChI=1S/C21H21NO6/c1-25-18-10-9-15(14-7-5-4-6-8-14)11-17(18)22-13-28-12-16(20(23)26-2)19(22)21(24)27-3/h4-11H,12-13H2,1-3H3. The first-order chi connectivity index (χ1) is 13.6. The number of rotatable bonds is 5. The molecule has 3 rings (SSSR count). The van der Waals surface area contributed by atoms with Crippen LogP contribution < -0.4 is 9.64 Å².